The molecule has 0 aliphatic carbocycles. The van der Waals surface area contributed by atoms with Crippen LogP contribution in [0.25, 0.3) is 0 Å². The Morgan fingerprint density at radius 2 is 1.57 bits per heavy atom. The lowest BCUT2D eigenvalue weighted by Gasteiger charge is -2.25. The zero-order valence-electron chi connectivity index (χ0n) is 13.8. The van der Waals surface area contributed by atoms with Gasteiger partial charge >= 0.3 is 0 Å². The third-order valence-electron chi connectivity index (χ3n) is 4.32. The van der Waals surface area contributed by atoms with Crippen molar-refractivity contribution in [2.45, 2.75) is 52.6 Å². The maximum Gasteiger partial charge on any atom is 0.0908 e. The molecule has 0 saturated carbocycles. The number of aryl methyl sites for hydroxylation is 2. The minimum Gasteiger partial charge on any atom is -0.385 e. The Balaban J connectivity index is 2.21. The van der Waals surface area contributed by atoms with Crippen LogP contribution in [0.2, 0.25) is 0 Å². The average Bonchev–Trinajstić information content (AvgIpc) is 2.42. The Bertz CT molecular complexity index is 606. The fraction of sp³-hybridized carbons (Fsp3) is 0.400. The van der Waals surface area contributed by atoms with Gasteiger partial charge in [0, 0.05) is 6.42 Å². The molecule has 0 amide bonds. The lowest BCUT2D eigenvalue weighted by molar-refractivity contribution is 0.0575. The van der Waals surface area contributed by atoms with E-state index in [1.54, 1.807) is 0 Å². The zero-order chi connectivity index (χ0) is 15.6. The Kier molecular flexibility index (Phi) is 4.53. The van der Waals surface area contributed by atoms with Crippen LogP contribution in [0.15, 0.2) is 42.5 Å². The Labute approximate surface area is 128 Å². The largest absolute Gasteiger partial charge is 0.385 e. The van der Waals surface area contributed by atoms with E-state index in [0.717, 1.165) is 5.56 Å². The number of aliphatic hydroxyl groups is 1. The first-order chi connectivity index (χ1) is 9.79. The van der Waals surface area contributed by atoms with Gasteiger partial charge in [-0.1, -0.05) is 56.3 Å². The van der Waals surface area contributed by atoms with Crippen LogP contribution < -0.4 is 0 Å². The molecule has 0 aromatic heterocycles. The van der Waals surface area contributed by atoms with E-state index in [1.807, 2.05) is 13.0 Å². The predicted molar refractivity (Wildman–Crippen MR) is 89.7 cm³/mol. The lowest BCUT2D eigenvalue weighted by Crippen LogP contribution is -2.24. The van der Waals surface area contributed by atoms with Gasteiger partial charge in [-0.05, 0) is 54.5 Å². The first-order valence-corrected chi connectivity index (χ1v) is 7.68. The number of benzene rings is 2. The highest BCUT2D eigenvalue weighted by Gasteiger charge is 2.23. The van der Waals surface area contributed by atoms with Gasteiger partial charge in [-0.2, -0.15) is 0 Å². The molecule has 2 aromatic rings. The van der Waals surface area contributed by atoms with Crippen molar-refractivity contribution >= 4 is 0 Å². The third-order valence-corrected chi connectivity index (χ3v) is 4.32. The highest BCUT2D eigenvalue weighted by molar-refractivity contribution is 5.35. The van der Waals surface area contributed by atoms with Crippen LogP contribution in [0, 0.1) is 13.8 Å². The summed E-state index contributed by atoms with van der Waals surface area (Å²) in [6.07, 6.45) is 0.633. The second-order valence-electron chi connectivity index (χ2n) is 6.65. The topological polar surface area (TPSA) is 20.2 Å². The molecule has 112 valence electrons. The van der Waals surface area contributed by atoms with Gasteiger partial charge in [-0.15, -0.1) is 0 Å². The van der Waals surface area contributed by atoms with Gasteiger partial charge in [-0.3, -0.25) is 0 Å². The predicted octanol–water partition coefficient (Wildman–Crippen LogP) is 4.88. The smallest absolute Gasteiger partial charge is 0.0908 e. The molecular formula is C20H26O. The molecule has 0 bridgehead atoms. The van der Waals surface area contributed by atoms with Crippen LogP contribution in [0.3, 0.4) is 0 Å². The summed E-state index contributed by atoms with van der Waals surface area (Å²) < 4.78 is 0. The molecule has 0 spiro atoms. The normalized spacial score (nSPS) is 14.2. The molecule has 0 radical (unpaired) electrons. The van der Waals surface area contributed by atoms with Crippen LogP contribution in [0.5, 0.6) is 0 Å². The molecule has 0 aliphatic heterocycles. The summed E-state index contributed by atoms with van der Waals surface area (Å²) in [4.78, 5) is 0. The van der Waals surface area contributed by atoms with E-state index < -0.39 is 5.60 Å². The van der Waals surface area contributed by atoms with Gasteiger partial charge < -0.3 is 5.11 Å². The van der Waals surface area contributed by atoms with E-state index in [4.69, 9.17) is 0 Å². The van der Waals surface area contributed by atoms with Crippen molar-refractivity contribution in [3.8, 4) is 0 Å². The highest BCUT2D eigenvalue weighted by Crippen LogP contribution is 2.27. The van der Waals surface area contributed by atoms with Crippen molar-refractivity contribution in [1.82, 2.24) is 0 Å². The molecule has 1 heteroatoms. The molecule has 2 aromatic carbocycles. The summed E-state index contributed by atoms with van der Waals surface area (Å²) in [7, 11) is 0. The van der Waals surface area contributed by atoms with Crippen molar-refractivity contribution in [1.29, 1.82) is 0 Å². The van der Waals surface area contributed by atoms with Gasteiger partial charge in [-0.25, -0.2) is 0 Å². The summed E-state index contributed by atoms with van der Waals surface area (Å²) in [5, 5.41) is 10.8. The third kappa shape index (κ3) is 3.74. The SMILES string of the molecule is Cc1ccc(C(C)(O)Cc2ccc(C(C)C)cc2)cc1C. The molecule has 1 atom stereocenters. The molecular weight excluding hydrogens is 256 g/mol. The molecule has 0 heterocycles. The lowest BCUT2D eigenvalue weighted by atomic mass is 9.87. The molecule has 0 aliphatic rings. The van der Waals surface area contributed by atoms with E-state index in [2.05, 4.69) is 64.1 Å². The van der Waals surface area contributed by atoms with Gasteiger partial charge in [0.15, 0.2) is 0 Å². The van der Waals surface area contributed by atoms with Crippen LogP contribution in [-0.2, 0) is 12.0 Å². The van der Waals surface area contributed by atoms with Gasteiger partial charge in [0.1, 0.15) is 0 Å². The Hall–Kier alpha value is -1.60. The Morgan fingerprint density at radius 3 is 2.10 bits per heavy atom. The summed E-state index contributed by atoms with van der Waals surface area (Å²) in [6, 6.07) is 14.8. The van der Waals surface area contributed by atoms with Crippen molar-refractivity contribution in [3.63, 3.8) is 0 Å². The van der Waals surface area contributed by atoms with Crippen molar-refractivity contribution in [2.24, 2.45) is 0 Å². The number of hydrogen-bond acceptors (Lipinski definition) is 1. The van der Waals surface area contributed by atoms with Gasteiger partial charge in [0.05, 0.1) is 5.60 Å². The maximum atomic E-state index is 10.8. The van der Waals surface area contributed by atoms with E-state index in [0.29, 0.717) is 12.3 Å². The number of hydrogen-bond donors (Lipinski definition) is 1. The second kappa shape index (κ2) is 6.03. The minimum absolute atomic E-state index is 0.541. The molecule has 0 fully saturated rings. The first kappa shape index (κ1) is 15.8. The number of rotatable bonds is 4. The van der Waals surface area contributed by atoms with Crippen molar-refractivity contribution < 1.29 is 5.11 Å². The van der Waals surface area contributed by atoms with Crippen molar-refractivity contribution in [3.05, 3.63) is 70.3 Å². The summed E-state index contributed by atoms with van der Waals surface area (Å²) >= 11 is 0. The average molecular weight is 282 g/mol. The van der Waals surface area contributed by atoms with E-state index in [1.165, 1.54) is 22.3 Å². The van der Waals surface area contributed by atoms with E-state index >= 15 is 0 Å². The van der Waals surface area contributed by atoms with Crippen molar-refractivity contribution in [2.75, 3.05) is 0 Å². The monoisotopic (exact) mass is 282 g/mol. The van der Waals surface area contributed by atoms with Gasteiger partial charge in [0.2, 0.25) is 0 Å². The molecule has 21 heavy (non-hydrogen) atoms. The fourth-order valence-corrected chi connectivity index (χ4v) is 2.60. The molecule has 0 saturated heterocycles. The van der Waals surface area contributed by atoms with Crippen LogP contribution in [0.1, 0.15) is 54.5 Å². The summed E-state index contributed by atoms with van der Waals surface area (Å²) in [5.74, 6) is 0.541. The summed E-state index contributed by atoms with van der Waals surface area (Å²) in [6.45, 7) is 10.5. The highest BCUT2D eigenvalue weighted by atomic mass is 16.3. The molecule has 1 N–H and O–H groups in total. The molecule has 1 nitrogen and oxygen atoms in total. The van der Waals surface area contributed by atoms with Crippen LogP contribution >= 0.6 is 0 Å². The van der Waals surface area contributed by atoms with Crippen LogP contribution in [0.4, 0.5) is 0 Å². The minimum atomic E-state index is -0.836. The summed E-state index contributed by atoms with van der Waals surface area (Å²) in [5.41, 5.74) is 5.14. The zero-order valence-corrected chi connectivity index (χ0v) is 13.8. The quantitative estimate of drug-likeness (QED) is 0.847. The van der Waals surface area contributed by atoms with E-state index in [-0.39, 0.29) is 0 Å². The second-order valence-corrected chi connectivity index (χ2v) is 6.65. The first-order valence-electron chi connectivity index (χ1n) is 7.68. The van der Waals surface area contributed by atoms with E-state index in [9.17, 15) is 5.11 Å². The Morgan fingerprint density at radius 1 is 0.952 bits per heavy atom. The standard InChI is InChI=1S/C20H26O/c1-14(2)18-9-7-17(8-10-18)13-20(5,21)19-11-6-15(3)16(4)12-19/h6-12,14,21H,13H2,1-5H3. The fourth-order valence-electron chi connectivity index (χ4n) is 2.60. The molecule has 2 rings (SSSR count). The maximum absolute atomic E-state index is 10.8. The molecule has 1 unspecified atom stereocenters. The van der Waals surface area contributed by atoms with Gasteiger partial charge in [0.25, 0.3) is 0 Å². The van der Waals surface area contributed by atoms with Crippen LogP contribution in [-0.4, -0.2) is 5.11 Å².